The van der Waals surface area contributed by atoms with Gasteiger partial charge in [0.2, 0.25) is 0 Å². The van der Waals surface area contributed by atoms with E-state index in [0.29, 0.717) is 11.1 Å². The van der Waals surface area contributed by atoms with Gasteiger partial charge in [-0.15, -0.1) is 0 Å². The van der Waals surface area contributed by atoms with Crippen molar-refractivity contribution < 1.29 is 24.0 Å². The summed E-state index contributed by atoms with van der Waals surface area (Å²) in [6.07, 6.45) is 0. The van der Waals surface area contributed by atoms with E-state index in [2.05, 4.69) is 4.74 Å². The maximum absolute atomic E-state index is 12.2. The predicted octanol–water partition coefficient (Wildman–Crippen LogP) is 2.61. The van der Waals surface area contributed by atoms with E-state index in [9.17, 15) is 19.7 Å². The van der Waals surface area contributed by atoms with Crippen molar-refractivity contribution in [2.75, 3.05) is 7.11 Å². The number of carbonyl (C=O) groups excluding carboxylic acids is 2. The summed E-state index contributed by atoms with van der Waals surface area (Å²) in [5.74, 6) is -1.67. The predicted molar refractivity (Wildman–Crippen MR) is 84.7 cm³/mol. The number of benzene rings is 2. The minimum absolute atomic E-state index is 0.138. The number of methoxy groups -OCH3 is 1. The molecule has 0 aliphatic rings. The molecule has 0 heterocycles. The Morgan fingerprint density at radius 2 is 1.80 bits per heavy atom. The molecule has 2 rings (SSSR count). The highest BCUT2D eigenvalue weighted by Gasteiger charge is 2.19. The second-order valence-electron chi connectivity index (χ2n) is 4.86. The lowest BCUT2D eigenvalue weighted by molar-refractivity contribution is -0.384. The van der Waals surface area contributed by atoms with Crippen molar-refractivity contribution in [1.82, 2.24) is 0 Å². The number of carbonyl (C=O) groups is 2. The number of non-ortho nitro benzene ring substituents is 1. The zero-order chi connectivity index (χ0) is 18.4. The number of hydrogen-bond acceptors (Lipinski definition) is 7. The first kappa shape index (κ1) is 17.6. The third kappa shape index (κ3) is 4.17. The van der Waals surface area contributed by atoms with Crippen molar-refractivity contribution in [2.24, 2.45) is 0 Å². The summed E-state index contributed by atoms with van der Waals surface area (Å²) in [5.41, 5.74) is 0.110. The number of nitro groups is 1. The average Bonchev–Trinajstić information content (AvgIpc) is 2.65. The molecule has 0 bridgehead atoms. The molecule has 2 aromatic carbocycles. The van der Waals surface area contributed by atoms with Gasteiger partial charge in [0.1, 0.15) is 6.61 Å². The van der Waals surface area contributed by atoms with Gasteiger partial charge in [-0.25, -0.2) is 9.59 Å². The maximum atomic E-state index is 12.2. The number of ether oxygens (including phenoxy) is 2. The van der Waals surface area contributed by atoms with Crippen LogP contribution in [0, 0.1) is 21.4 Å². The van der Waals surface area contributed by atoms with E-state index in [4.69, 9.17) is 10.00 Å². The number of rotatable bonds is 5. The van der Waals surface area contributed by atoms with Crippen molar-refractivity contribution in [1.29, 1.82) is 5.26 Å². The van der Waals surface area contributed by atoms with Crippen molar-refractivity contribution in [3.05, 3.63) is 74.8 Å². The lowest BCUT2D eigenvalue weighted by Crippen LogP contribution is -2.09. The van der Waals surface area contributed by atoms with Crippen molar-refractivity contribution in [3.63, 3.8) is 0 Å². The number of esters is 2. The van der Waals surface area contributed by atoms with Crippen LogP contribution in [0.4, 0.5) is 5.69 Å². The topological polar surface area (TPSA) is 120 Å². The van der Waals surface area contributed by atoms with Crippen molar-refractivity contribution >= 4 is 17.6 Å². The highest BCUT2D eigenvalue weighted by Crippen LogP contribution is 2.19. The van der Waals surface area contributed by atoms with Gasteiger partial charge >= 0.3 is 11.9 Å². The standard InChI is InChI=1S/C17H12N2O6/c1-24-16(20)13-6-14(8-15(7-13)19(22)23)17(21)25-10-12-5-3-2-4-11(12)9-18/h2-8H,10H2,1H3. The quantitative estimate of drug-likeness (QED) is 0.466. The van der Waals surface area contributed by atoms with E-state index in [1.165, 1.54) is 0 Å². The third-order valence-corrected chi connectivity index (χ3v) is 3.28. The summed E-state index contributed by atoms with van der Waals surface area (Å²) in [7, 11) is 1.12. The number of nitrogens with zero attached hydrogens (tertiary/aromatic N) is 2. The molecule has 0 radical (unpaired) electrons. The Morgan fingerprint density at radius 1 is 1.16 bits per heavy atom. The molecule has 0 aromatic heterocycles. The Kier molecular flexibility index (Phi) is 5.43. The summed E-state index contributed by atoms with van der Waals surface area (Å²) in [6, 6.07) is 11.7. The molecule has 0 aliphatic heterocycles. The van der Waals surface area contributed by atoms with Crippen LogP contribution in [0.1, 0.15) is 31.8 Å². The maximum Gasteiger partial charge on any atom is 0.338 e. The monoisotopic (exact) mass is 340 g/mol. The van der Waals surface area contributed by atoms with E-state index in [0.717, 1.165) is 25.3 Å². The Balaban J connectivity index is 2.26. The van der Waals surface area contributed by atoms with Gasteiger partial charge in [0, 0.05) is 17.7 Å². The Hall–Kier alpha value is -3.73. The number of hydrogen-bond donors (Lipinski definition) is 0. The van der Waals surface area contributed by atoms with Crippen LogP contribution in [0.5, 0.6) is 0 Å². The van der Waals surface area contributed by atoms with Gasteiger partial charge in [-0.1, -0.05) is 18.2 Å². The van der Waals surface area contributed by atoms with Crippen LogP contribution >= 0.6 is 0 Å². The molecule has 0 saturated heterocycles. The van der Waals surface area contributed by atoms with Gasteiger partial charge in [-0.2, -0.15) is 5.26 Å². The molecule has 25 heavy (non-hydrogen) atoms. The number of nitriles is 1. The molecule has 0 atom stereocenters. The fourth-order valence-electron chi connectivity index (χ4n) is 2.05. The molecule has 0 aliphatic carbocycles. The summed E-state index contributed by atoms with van der Waals surface area (Å²) < 4.78 is 9.61. The van der Waals surface area contributed by atoms with Crippen LogP contribution in [0.3, 0.4) is 0 Å². The van der Waals surface area contributed by atoms with Crippen LogP contribution in [0.2, 0.25) is 0 Å². The van der Waals surface area contributed by atoms with Gasteiger partial charge in [-0.05, 0) is 12.1 Å². The van der Waals surface area contributed by atoms with E-state index in [-0.39, 0.29) is 17.7 Å². The van der Waals surface area contributed by atoms with Gasteiger partial charge in [0.15, 0.2) is 0 Å². The molecule has 0 fully saturated rings. The SMILES string of the molecule is COC(=O)c1cc(C(=O)OCc2ccccc2C#N)cc([N+](=O)[O-])c1. The summed E-state index contributed by atoms with van der Waals surface area (Å²) in [6.45, 7) is -0.182. The minimum Gasteiger partial charge on any atom is -0.465 e. The van der Waals surface area contributed by atoms with E-state index >= 15 is 0 Å². The second kappa shape index (κ2) is 7.70. The Labute approximate surface area is 142 Å². The van der Waals surface area contributed by atoms with Crippen molar-refractivity contribution in [2.45, 2.75) is 6.61 Å². The van der Waals surface area contributed by atoms with Gasteiger partial charge < -0.3 is 9.47 Å². The van der Waals surface area contributed by atoms with Crippen LogP contribution in [-0.2, 0) is 16.1 Å². The smallest absolute Gasteiger partial charge is 0.338 e. The normalized spacial score (nSPS) is 9.76. The van der Waals surface area contributed by atoms with Crippen LogP contribution in [-0.4, -0.2) is 24.0 Å². The molecule has 0 spiro atoms. The largest absolute Gasteiger partial charge is 0.465 e. The highest BCUT2D eigenvalue weighted by molar-refractivity contribution is 5.96. The zero-order valence-electron chi connectivity index (χ0n) is 13.1. The molecule has 126 valence electrons. The molecular weight excluding hydrogens is 328 g/mol. The van der Waals surface area contributed by atoms with E-state index in [1.807, 2.05) is 6.07 Å². The van der Waals surface area contributed by atoms with Gasteiger partial charge in [-0.3, -0.25) is 10.1 Å². The molecule has 0 N–H and O–H groups in total. The Bertz CT molecular complexity index is 885. The lowest BCUT2D eigenvalue weighted by Gasteiger charge is -2.07. The first-order chi connectivity index (χ1) is 12.0. The average molecular weight is 340 g/mol. The summed E-state index contributed by atoms with van der Waals surface area (Å²) in [4.78, 5) is 34.0. The van der Waals surface area contributed by atoms with Crippen LogP contribution in [0.15, 0.2) is 42.5 Å². The van der Waals surface area contributed by atoms with Crippen LogP contribution in [0.25, 0.3) is 0 Å². The summed E-state index contributed by atoms with van der Waals surface area (Å²) in [5, 5.41) is 20.0. The highest BCUT2D eigenvalue weighted by atomic mass is 16.6. The molecule has 8 heteroatoms. The molecule has 8 nitrogen and oxygen atoms in total. The first-order valence-corrected chi connectivity index (χ1v) is 6.99. The van der Waals surface area contributed by atoms with E-state index in [1.54, 1.807) is 24.3 Å². The summed E-state index contributed by atoms with van der Waals surface area (Å²) >= 11 is 0. The third-order valence-electron chi connectivity index (χ3n) is 3.28. The Morgan fingerprint density at radius 3 is 2.40 bits per heavy atom. The number of nitro benzene ring substituents is 1. The van der Waals surface area contributed by atoms with Gasteiger partial charge in [0.05, 0.1) is 34.8 Å². The zero-order valence-corrected chi connectivity index (χ0v) is 13.1. The fraction of sp³-hybridized carbons (Fsp3) is 0.118. The molecule has 0 amide bonds. The molecule has 2 aromatic rings. The van der Waals surface area contributed by atoms with Crippen LogP contribution < -0.4 is 0 Å². The fourth-order valence-corrected chi connectivity index (χ4v) is 2.05. The molecule has 0 saturated carbocycles. The molecule has 0 unspecified atom stereocenters. The first-order valence-electron chi connectivity index (χ1n) is 6.99. The second-order valence-corrected chi connectivity index (χ2v) is 4.86. The lowest BCUT2D eigenvalue weighted by atomic mass is 10.1. The van der Waals surface area contributed by atoms with Gasteiger partial charge in [0.25, 0.3) is 5.69 Å². The molecular formula is C17H12N2O6. The van der Waals surface area contributed by atoms with E-state index < -0.39 is 22.5 Å². The van der Waals surface area contributed by atoms with Crippen molar-refractivity contribution in [3.8, 4) is 6.07 Å². The minimum atomic E-state index is -0.860.